The molecule has 1 aromatic heterocycles. The molecule has 25 heavy (non-hydrogen) atoms. The first kappa shape index (κ1) is 19.8. The van der Waals surface area contributed by atoms with Crippen molar-refractivity contribution in [1.29, 1.82) is 0 Å². The molecule has 0 aliphatic heterocycles. The summed E-state index contributed by atoms with van der Waals surface area (Å²) in [6.45, 7) is 4.53. The maximum absolute atomic E-state index is 5.83. The number of hydrogen-bond donors (Lipinski definition) is 2. The molecule has 0 saturated carbocycles. The molecule has 0 amide bonds. The fraction of sp³-hybridized carbons (Fsp3) is 0.389. The number of rotatable bonds is 8. The molecule has 0 radical (unpaired) electrons. The summed E-state index contributed by atoms with van der Waals surface area (Å²) < 4.78 is 12.0. The van der Waals surface area contributed by atoms with E-state index in [1.54, 1.807) is 25.5 Å². The molecular formula is C18H24BrN3O2S. The summed E-state index contributed by atoms with van der Waals surface area (Å²) in [4.78, 5) is 5.52. The Hall–Kier alpha value is -1.57. The van der Waals surface area contributed by atoms with Crippen LogP contribution in [0.4, 0.5) is 0 Å². The Morgan fingerprint density at radius 3 is 2.68 bits per heavy atom. The second-order valence-electron chi connectivity index (χ2n) is 5.46. The lowest BCUT2D eigenvalue weighted by Crippen LogP contribution is -2.36. The normalized spacial score (nSPS) is 11.4. The highest BCUT2D eigenvalue weighted by Crippen LogP contribution is 2.21. The van der Waals surface area contributed by atoms with Crippen molar-refractivity contribution in [2.75, 3.05) is 27.4 Å². The Labute approximate surface area is 161 Å². The molecule has 0 fully saturated rings. The van der Waals surface area contributed by atoms with E-state index >= 15 is 0 Å². The number of ether oxygens (including phenoxy) is 2. The van der Waals surface area contributed by atoms with E-state index in [1.165, 1.54) is 10.4 Å². The first-order valence-corrected chi connectivity index (χ1v) is 9.68. The highest BCUT2D eigenvalue weighted by atomic mass is 79.9. The van der Waals surface area contributed by atoms with Crippen LogP contribution in [0.5, 0.6) is 5.75 Å². The van der Waals surface area contributed by atoms with Crippen molar-refractivity contribution in [3.05, 3.63) is 50.1 Å². The number of hydrogen-bond acceptors (Lipinski definition) is 4. The summed E-state index contributed by atoms with van der Waals surface area (Å²) in [5, 5.41) is 8.73. The van der Waals surface area contributed by atoms with Gasteiger partial charge in [0.1, 0.15) is 12.4 Å². The van der Waals surface area contributed by atoms with Crippen LogP contribution in [0.15, 0.2) is 39.1 Å². The predicted molar refractivity (Wildman–Crippen MR) is 108 cm³/mol. The molecule has 136 valence electrons. The van der Waals surface area contributed by atoms with Crippen LogP contribution in [0, 0.1) is 6.92 Å². The standard InChI is InChI=1S/C18H24BrN3O2S/c1-13-4-5-14(17(8-13)24-7-6-23-3)10-21-18(20-2)22-11-16-9-15(19)12-25-16/h4-5,8-9,12H,6-7,10-11H2,1-3H3,(H2,20,21,22). The number of thiophene rings is 1. The van der Waals surface area contributed by atoms with Crippen LogP contribution in [0.25, 0.3) is 0 Å². The first-order chi connectivity index (χ1) is 12.1. The van der Waals surface area contributed by atoms with E-state index in [0.29, 0.717) is 19.8 Å². The maximum atomic E-state index is 5.83. The van der Waals surface area contributed by atoms with Crippen molar-refractivity contribution in [2.24, 2.45) is 4.99 Å². The van der Waals surface area contributed by atoms with E-state index in [-0.39, 0.29) is 0 Å². The van der Waals surface area contributed by atoms with Crippen molar-refractivity contribution in [1.82, 2.24) is 10.6 Å². The van der Waals surface area contributed by atoms with Crippen molar-refractivity contribution >= 4 is 33.2 Å². The van der Waals surface area contributed by atoms with Gasteiger partial charge in [-0.1, -0.05) is 12.1 Å². The topological polar surface area (TPSA) is 54.9 Å². The summed E-state index contributed by atoms with van der Waals surface area (Å²) in [5.41, 5.74) is 2.26. The zero-order chi connectivity index (χ0) is 18.1. The van der Waals surface area contributed by atoms with Gasteiger partial charge in [0.15, 0.2) is 5.96 Å². The molecule has 0 spiro atoms. The quantitative estimate of drug-likeness (QED) is 0.384. The van der Waals surface area contributed by atoms with Crippen LogP contribution in [-0.4, -0.2) is 33.3 Å². The minimum absolute atomic E-state index is 0.535. The zero-order valence-corrected chi connectivity index (χ0v) is 17.2. The van der Waals surface area contributed by atoms with Crippen LogP contribution in [0.2, 0.25) is 0 Å². The highest BCUT2D eigenvalue weighted by Gasteiger charge is 2.06. The van der Waals surface area contributed by atoms with E-state index in [4.69, 9.17) is 9.47 Å². The highest BCUT2D eigenvalue weighted by molar-refractivity contribution is 9.10. The summed E-state index contributed by atoms with van der Waals surface area (Å²) in [6, 6.07) is 8.31. The van der Waals surface area contributed by atoms with Crippen LogP contribution in [-0.2, 0) is 17.8 Å². The molecule has 0 aliphatic carbocycles. The van der Waals surface area contributed by atoms with Crippen LogP contribution >= 0.6 is 27.3 Å². The third-order valence-electron chi connectivity index (χ3n) is 3.49. The van der Waals surface area contributed by atoms with Crippen LogP contribution < -0.4 is 15.4 Å². The van der Waals surface area contributed by atoms with Gasteiger partial charge in [0.25, 0.3) is 0 Å². The molecule has 0 unspecified atom stereocenters. The van der Waals surface area contributed by atoms with Gasteiger partial charge in [-0.15, -0.1) is 11.3 Å². The van der Waals surface area contributed by atoms with E-state index in [0.717, 1.165) is 28.3 Å². The Balaban J connectivity index is 1.91. The molecule has 5 nitrogen and oxygen atoms in total. The van der Waals surface area contributed by atoms with Gasteiger partial charge in [-0.05, 0) is 40.5 Å². The molecule has 2 rings (SSSR count). The maximum Gasteiger partial charge on any atom is 0.191 e. The van der Waals surface area contributed by atoms with Gasteiger partial charge in [-0.2, -0.15) is 0 Å². The summed E-state index contributed by atoms with van der Waals surface area (Å²) >= 11 is 5.18. The van der Waals surface area contributed by atoms with Crippen molar-refractivity contribution in [3.8, 4) is 5.75 Å². The Bertz CT molecular complexity index is 703. The van der Waals surface area contributed by atoms with E-state index in [2.05, 4.69) is 62.1 Å². The van der Waals surface area contributed by atoms with Crippen molar-refractivity contribution < 1.29 is 9.47 Å². The molecule has 7 heteroatoms. The molecular weight excluding hydrogens is 402 g/mol. The lowest BCUT2D eigenvalue weighted by Gasteiger charge is -2.15. The van der Waals surface area contributed by atoms with Crippen LogP contribution in [0.1, 0.15) is 16.0 Å². The van der Waals surface area contributed by atoms with Crippen molar-refractivity contribution in [2.45, 2.75) is 20.0 Å². The monoisotopic (exact) mass is 425 g/mol. The SMILES string of the molecule is CN=C(NCc1cc(Br)cs1)NCc1ccc(C)cc1OCCOC. The number of nitrogens with zero attached hydrogens (tertiary/aromatic N) is 1. The lowest BCUT2D eigenvalue weighted by molar-refractivity contribution is 0.145. The number of methoxy groups -OCH3 is 1. The minimum Gasteiger partial charge on any atom is -0.491 e. The molecule has 0 atom stereocenters. The average molecular weight is 426 g/mol. The van der Waals surface area contributed by atoms with Crippen LogP contribution in [0.3, 0.4) is 0 Å². The molecule has 0 aliphatic rings. The third kappa shape index (κ3) is 6.68. The number of benzene rings is 1. The van der Waals surface area contributed by atoms with Gasteiger partial charge < -0.3 is 20.1 Å². The first-order valence-electron chi connectivity index (χ1n) is 8.01. The van der Waals surface area contributed by atoms with Crippen molar-refractivity contribution in [3.63, 3.8) is 0 Å². The molecule has 2 N–H and O–H groups in total. The Kier molecular flexibility index (Phi) is 8.24. The Morgan fingerprint density at radius 1 is 1.20 bits per heavy atom. The van der Waals surface area contributed by atoms with E-state index in [1.807, 2.05) is 6.07 Å². The fourth-order valence-corrected chi connectivity index (χ4v) is 3.58. The van der Waals surface area contributed by atoms with Gasteiger partial charge in [0.2, 0.25) is 0 Å². The van der Waals surface area contributed by atoms with E-state index in [9.17, 15) is 0 Å². The minimum atomic E-state index is 0.535. The molecule has 0 saturated heterocycles. The second kappa shape index (κ2) is 10.4. The molecule has 1 aromatic carbocycles. The number of guanidine groups is 1. The summed E-state index contributed by atoms with van der Waals surface area (Å²) in [7, 11) is 3.44. The van der Waals surface area contributed by atoms with Gasteiger partial charge in [0, 0.05) is 41.0 Å². The fourth-order valence-electron chi connectivity index (χ4n) is 2.19. The smallest absolute Gasteiger partial charge is 0.191 e. The molecule has 1 heterocycles. The molecule has 2 aromatic rings. The number of nitrogens with one attached hydrogen (secondary N) is 2. The number of halogens is 1. The zero-order valence-electron chi connectivity index (χ0n) is 14.8. The average Bonchev–Trinajstić information content (AvgIpc) is 3.02. The lowest BCUT2D eigenvalue weighted by atomic mass is 10.1. The number of aryl methyl sites for hydroxylation is 1. The molecule has 0 bridgehead atoms. The third-order valence-corrected chi connectivity index (χ3v) is 5.19. The van der Waals surface area contributed by atoms with Gasteiger partial charge >= 0.3 is 0 Å². The summed E-state index contributed by atoms with van der Waals surface area (Å²) in [5.74, 6) is 1.63. The number of aliphatic imine (C=N–C) groups is 1. The second-order valence-corrected chi connectivity index (χ2v) is 7.37. The van der Waals surface area contributed by atoms with E-state index < -0.39 is 0 Å². The van der Waals surface area contributed by atoms with Gasteiger partial charge in [0.05, 0.1) is 13.2 Å². The Morgan fingerprint density at radius 2 is 2.00 bits per heavy atom. The van der Waals surface area contributed by atoms with Gasteiger partial charge in [-0.25, -0.2) is 0 Å². The van der Waals surface area contributed by atoms with Gasteiger partial charge in [-0.3, -0.25) is 4.99 Å². The largest absolute Gasteiger partial charge is 0.491 e. The summed E-state index contributed by atoms with van der Waals surface area (Å²) in [6.07, 6.45) is 0. The predicted octanol–water partition coefficient (Wildman–Crippen LogP) is 3.71.